The fourth-order valence-corrected chi connectivity index (χ4v) is 4.58. The monoisotopic (exact) mass is 416 g/mol. The minimum atomic E-state index is -0.0879. The van der Waals surface area contributed by atoms with Gasteiger partial charge in [0.05, 0.1) is 28.2 Å². The molecule has 0 spiro atoms. The van der Waals surface area contributed by atoms with Gasteiger partial charge in [-0.3, -0.25) is 9.69 Å². The predicted molar refractivity (Wildman–Crippen MR) is 118 cm³/mol. The quantitative estimate of drug-likeness (QED) is 0.498. The second-order valence-corrected chi connectivity index (χ2v) is 8.17. The Morgan fingerprint density at radius 1 is 1.16 bits per heavy atom. The van der Waals surface area contributed by atoms with E-state index in [9.17, 15) is 9.90 Å². The molecule has 1 atom stereocenters. The Labute approximate surface area is 179 Å². The molecule has 31 heavy (non-hydrogen) atoms. The zero-order valence-corrected chi connectivity index (χ0v) is 17.6. The first-order chi connectivity index (χ1) is 15.0. The molecule has 1 fully saturated rings. The molecule has 6 nitrogen and oxygen atoms in total. The number of hydrogen-bond acceptors (Lipinski definition) is 6. The van der Waals surface area contributed by atoms with Gasteiger partial charge in [0.1, 0.15) is 17.1 Å². The van der Waals surface area contributed by atoms with E-state index in [1.807, 2.05) is 43.3 Å². The maximum Gasteiger partial charge on any atom is 0.200 e. The summed E-state index contributed by atoms with van der Waals surface area (Å²) in [6.45, 7) is 5.03. The van der Waals surface area contributed by atoms with E-state index in [4.69, 9.17) is 8.94 Å². The lowest BCUT2D eigenvalue weighted by Crippen LogP contribution is -2.23. The van der Waals surface area contributed by atoms with Crippen LogP contribution in [0.2, 0.25) is 0 Å². The Bertz CT molecular complexity index is 1310. The molecule has 2 aromatic carbocycles. The third-order valence-corrected chi connectivity index (χ3v) is 6.08. The minimum absolute atomic E-state index is 0.0879. The number of likely N-dealkylation sites (tertiary alicyclic amines) is 1. The van der Waals surface area contributed by atoms with Crippen molar-refractivity contribution in [3.8, 4) is 16.9 Å². The summed E-state index contributed by atoms with van der Waals surface area (Å²) in [5.74, 6) is 1.50. The summed E-state index contributed by atoms with van der Waals surface area (Å²) in [6.07, 6.45) is 1.98. The Morgan fingerprint density at radius 2 is 1.97 bits per heavy atom. The van der Waals surface area contributed by atoms with Crippen LogP contribution in [0.1, 0.15) is 41.7 Å². The lowest BCUT2D eigenvalue weighted by atomic mass is 10.0. The van der Waals surface area contributed by atoms with Gasteiger partial charge in [0.25, 0.3) is 0 Å². The topological polar surface area (TPSA) is 79.7 Å². The average molecular weight is 416 g/mol. The molecular weight excluding hydrogens is 392 g/mol. The van der Waals surface area contributed by atoms with Crippen LogP contribution in [0.3, 0.4) is 0 Å². The summed E-state index contributed by atoms with van der Waals surface area (Å²) in [5, 5.41) is 15.2. The lowest BCUT2D eigenvalue weighted by molar-refractivity contribution is 0.204. The summed E-state index contributed by atoms with van der Waals surface area (Å²) in [5.41, 5.74) is 3.22. The third kappa shape index (κ3) is 3.43. The number of phenolic OH excluding ortho intramolecular Hbond substituents is 1. The van der Waals surface area contributed by atoms with Gasteiger partial charge in [-0.25, -0.2) is 0 Å². The molecule has 0 aliphatic carbocycles. The number of phenols is 1. The highest BCUT2D eigenvalue weighted by Gasteiger charge is 2.31. The number of benzene rings is 2. The van der Waals surface area contributed by atoms with Crippen molar-refractivity contribution >= 4 is 11.0 Å². The molecule has 158 valence electrons. The number of aryl methyl sites for hydroxylation is 2. The molecule has 1 N–H and O–H groups in total. The van der Waals surface area contributed by atoms with Crippen molar-refractivity contribution in [3.05, 3.63) is 81.5 Å². The lowest BCUT2D eigenvalue weighted by Gasteiger charge is -2.23. The van der Waals surface area contributed by atoms with Crippen LogP contribution < -0.4 is 5.43 Å². The highest BCUT2D eigenvalue weighted by molar-refractivity contribution is 5.86. The van der Waals surface area contributed by atoms with E-state index >= 15 is 0 Å². The number of nitrogens with zero attached hydrogens (tertiary/aromatic N) is 2. The molecule has 1 aliphatic rings. The summed E-state index contributed by atoms with van der Waals surface area (Å²) >= 11 is 0. The Hall–Kier alpha value is -3.38. The SMILES string of the molecule is Cc1cc(C2CCCN2Cc2c(O)ccc3c(=O)c(-c4ccccc4)c(C)oc23)on1. The molecule has 6 heteroatoms. The van der Waals surface area contributed by atoms with E-state index in [0.29, 0.717) is 34.4 Å². The standard InChI is InChI=1S/C25H24N2O4/c1-15-13-22(31-26-15)20-9-6-12-27(20)14-19-21(28)11-10-18-24(29)23(16(2)30-25(18)19)17-7-4-3-5-8-17/h3-5,7-8,10-11,13,20,28H,6,9,12,14H2,1-2H3. The van der Waals surface area contributed by atoms with Crippen LogP contribution in [0.15, 0.2) is 62.3 Å². The molecule has 0 amide bonds. The summed E-state index contributed by atoms with van der Waals surface area (Å²) < 4.78 is 11.7. The highest BCUT2D eigenvalue weighted by atomic mass is 16.5. The fraction of sp³-hybridized carbons (Fsp3) is 0.280. The van der Waals surface area contributed by atoms with Crippen LogP contribution in [-0.2, 0) is 6.54 Å². The molecule has 1 aliphatic heterocycles. The molecule has 1 unspecified atom stereocenters. The van der Waals surface area contributed by atoms with Crippen molar-refractivity contribution in [2.45, 2.75) is 39.3 Å². The fourth-order valence-electron chi connectivity index (χ4n) is 4.58. The summed E-state index contributed by atoms with van der Waals surface area (Å²) in [6, 6.07) is 14.8. The zero-order chi connectivity index (χ0) is 21.5. The van der Waals surface area contributed by atoms with Gasteiger partial charge < -0.3 is 14.0 Å². The van der Waals surface area contributed by atoms with Crippen molar-refractivity contribution < 1.29 is 14.0 Å². The van der Waals surface area contributed by atoms with Crippen molar-refractivity contribution in [2.24, 2.45) is 0 Å². The first-order valence-electron chi connectivity index (χ1n) is 10.5. The van der Waals surface area contributed by atoms with Gasteiger partial charge in [-0.1, -0.05) is 35.5 Å². The van der Waals surface area contributed by atoms with E-state index in [0.717, 1.165) is 36.4 Å². The molecule has 5 rings (SSSR count). The van der Waals surface area contributed by atoms with E-state index < -0.39 is 0 Å². The average Bonchev–Trinajstić information content (AvgIpc) is 3.39. The van der Waals surface area contributed by atoms with Gasteiger partial charge in [-0.15, -0.1) is 0 Å². The normalized spacial score (nSPS) is 16.9. The van der Waals surface area contributed by atoms with Gasteiger partial charge in [-0.05, 0) is 50.9 Å². The molecule has 4 aromatic rings. The van der Waals surface area contributed by atoms with Crippen molar-refractivity contribution in [1.29, 1.82) is 0 Å². The Morgan fingerprint density at radius 3 is 2.71 bits per heavy atom. The second-order valence-electron chi connectivity index (χ2n) is 8.17. The van der Waals surface area contributed by atoms with Crippen LogP contribution >= 0.6 is 0 Å². The summed E-state index contributed by atoms with van der Waals surface area (Å²) in [4.78, 5) is 15.6. The van der Waals surface area contributed by atoms with Crippen LogP contribution in [0, 0.1) is 13.8 Å². The highest BCUT2D eigenvalue weighted by Crippen LogP contribution is 2.37. The Kier molecular flexibility index (Phi) is 4.87. The smallest absolute Gasteiger partial charge is 0.200 e. The van der Waals surface area contributed by atoms with Crippen molar-refractivity contribution in [2.75, 3.05) is 6.54 Å². The van der Waals surface area contributed by atoms with E-state index in [2.05, 4.69) is 10.1 Å². The first-order valence-corrected chi connectivity index (χ1v) is 10.5. The molecular formula is C25H24N2O4. The van der Waals surface area contributed by atoms with Crippen LogP contribution in [0.5, 0.6) is 5.75 Å². The molecule has 0 bridgehead atoms. The third-order valence-electron chi connectivity index (χ3n) is 6.08. The first kappa shape index (κ1) is 19.6. The van der Waals surface area contributed by atoms with Crippen molar-refractivity contribution in [1.82, 2.24) is 10.1 Å². The van der Waals surface area contributed by atoms with E-state index in [1.165, 1.54) is 0 Å². The largest absolute Gasteiger partial charge is 0.507 e. The molecule has 3 heterocycles. The molecule has 0 saturated carbocycles. The Balaban J connectivity index is 1.59. The molecule has 1 saturated heterocycles. The van der Waals surface area contributed by atoms with Crippen molar-refractivity contribution in [3.63, 3.8) is 0 Å². The summed E-state index contributed by atoms with van der Waals surface area (Å²) in [7, 11) is 0. The van der Waals surface area contributed by atoms with Gasteiger partial charge >= 0.3 is 0 Å². The van der Waals surface area contributed by atoms with Gasteiger partial charge in [0.15, 0.2) is 5.76 Å². The molecule has 2 aromatic heterocycles. The van der Waals surface area contributed by atoms with Crippen LogP contribution in [0.4, 0.5) is 0 Å². The van der Waals surface area contributed by atoms with E-state index in [1.54, 1.807) is 19.1 Å². The number of hydrogen-bond donors (Lipinski definition) is 1. The van der Waals surface area contributed by atoms with Gasteiger partial charge in [-0.2, -0.15) is 0 Å². The minimum Gasteiger partial charge on any atom is -0.507 e. The second kappa shape index (κ2) is 7.71. The number of fused-ring (bicyclic) bond motifs is 1. The van der Waals surface area contributed by atoms with Gasteiger partial charge in [0.2, 0.25) is 5.43 Å². The predicted octanol–water partition coefficient (Wildman–Crippen LogP) is 5.11. The van der Waals surface area contributed by atoms with E-state index in [-0.39, 0.29) is 17.2 Å². The van der Waals surface area contributed by atoms with Crippen LogP contribution in [-0.4, -0.2) is 21.7 Å². The van der Waals surface area contributed by atoms with Gasteiger partial charge in [0, 0.05) is 12.6 Å². The maximum atomic E-state index is 13.4. The molecule has 0 radical (unpaired) electrons. The number of aromatic nitrogens is 1. The zero-order valence-electron chi connectivity index (χ0n) is 17.6. The number of rotatable bonds is 4. The maximum absolute atomic E-state index is 13.4. The van der Waals surface area contributed by atoms with Crippen LogP contribution in [0.25, 0.3) is 22.1 Å². The number of aromatic hydroxyl groups is 1.